The second-order valence-electron chi connectivity index (χ2n) is 13.4. The van der Waals surface area contributed by atoms with Crippen molar-refractivity contribution < 1.29 is 1.37 Å². The van der Waals surface area contributed by atoms with Gasteiger partial charge in [-0.05, 0) is 68.9 Å². The van der Waals surface area contributed by atoms with E-state index in [2.05, 4.69) is 78.4 Å². The molecule has 8 nitrogen and oxygen atoms in total. The second-order valence-corrected chi connectivity index (χ2v) is 14.3. The van der Waals surface area contributed by atoms with Crippen LogP contribution in [-0.4, -0.2) is 50.1 Å². The topological polar surface area (TPSA) is 94.7 Å². The Morgan fingerprint density at radius 3 is 2.42 bits per heavy atom. The number of hydrogen-bond acceptors (Lipinski definition) is 7. The summed E-state index contributed by atoms with van der Waals surface area (Å²) in [5, 5.41) is 27.4. The summed E-state index contributed by atoms with van der Waals surface area (Å²) in [6, 6.07) is 11.7. The number of pyridine rings is 1. The number of anilines is 2. The van der Waals surface area contributed by atoms with Crippen LogP contribution >= 0.6 is 23.2 Å². The fraction of sp³-hybridized carbons (Fsp3) is 0.455. The van der Waals surface area contributed by atoms with Crippen LogP contribution in [0.1, 0.15) is 84.6 Å². The zero-order valence-corrected chi connectivity index (χ0v) is 27.2. The molecule has 1 aliphatic heterocycles. The van der Waals surface area contributed by atoms with Crippen molar-refractivity contribution in [1.82, 2.24) is 24.9 Å². The molecule has 2 aromatic carbocycles. The van der Waals surface area contributed by atoms with Crippen LogP contribution in [-0.2, 0) is 0 Å². The van der Waals surface area contributed by atoms with Gasteiger partial charge in [0.25, 0.3) is 0 Å². The van der Waals surface area contributed by atoms with E-state index in [0.717, 1.165) is 25.9 Å². The maximum absolute atomic E-state index is 9.88. The standard InChI is InChI=1S/C33H40Cl2N8/c1-32(2,3)20-38-29-22(17-36)18-37-31-26(29)15-24(16-27(31)35)39-30(21-7-9-23(34)10-8-21)28-19-43(41-40-28)25-11-13-42(14-12-25)33(4,5)6/h7-10,15-16,18-19,25,30,39H,11-14,20H2,1-6H3,(H,37,38)/t30-/m0/s1/i30D. The van der Waals surface area contributed by atoms with Crippen molar-refractivity contribution in [3.05, 3.63) is 75.7 Å². The quantitative estimate of drug-likeness (QED) is 0.216. The van der Waals surface area contributed by atoms with Crippen LogP contribution in [0.2, 0.25) is 10.0 Å². The Kier molecular flexibility index (Phi) is 8.50. The molecular weight excluding hydrogens is 579 g/mol. The van der Waals surface area contributed by atoms with Gasteiger partial charge in [0.15, 0.2) is 0 Å². The Morgan fingerprint density at radius 2 is 1.79 bits per heavy atom. The molecule has 0 aliphatic carbocycles. The highest BCUT2D eigenvalue weighted by molar-refractivity contribution is 6.36. The lowest BCUT2D eigenvalue weighted by Crippen LogP contribution is -2.46. The smallest absolute Gasteiger partial charge is 0.109 e. The van der Waals surface area contributed by atoms with Crippen molar-refractivity contribution >= 4 is 45.5 Å². The molecule has 5 rings (SSSR count). The fourth-order valence-electron chi connectivity index (χ4n) is 5.38. The number of aromatic nitrogens is 4. The SMILES string of the molecule is [2H][C@](Nc1cc(Cl)c2ncc(C#N)c(NCC(C)(C)C)c2c1)(c1ccc(Cl)cc1)c1cn(C2CCN(C(C)(C)C)CC2)nn1. The number of benzene rings is 2. The second kappa shape index (κ2) is 12.3. The minimum Gasteiger partial charge on any atom is -0.383 e. The molecule has 0 bridgehead atoms. The zero-order valence-electron chi connectivity index (χ0n) is 26.7. The summed E-state index contributed by atoms with van der Waals surface area (Å²) < 4.78 is 11.7. The summed E-state index contributed by atoms with van der Waals surface area (Å²) in [6.07, 6.45) is 5.33. The normalized spacial score (nSPS) is 16.9. The molecule has 4 aromatic rings. The van der Waals surface area contributed by atoms with Gasteiger partial charge in [-0.1, -0.05) is 61.3 Å². The van der Waals surface area contributed by atoms with Gasteiger partial charge in [0, 0.05) is 47.5 Å². The molecule has 0 spiro atoms. The number of rotatable bonds is 7. The number of likely N-dealkylation sites (tertiary alicyclic amines) is 1. The molecule has 0 amide bonds. The number of piperidine rings is 1. The van der Waals surface area contributed by atoms with Crippen molar-refractivity contribution in [1.29, 1.82) is 5.26 Å². The van der Waals surface area contributed by atoms with E-state index in [1.165, 1.54) is 0 Å². The lowest BCUT2D eigenvalue weighted by atomic mass is 9.96. The van der Waals surface area contributed by atoms with Crippen molar-refractivity contribution in [3.8, 4) is 6.07 Å². The van der Waals surface area contributed by atoms with Crippen LogP contribution in [0.4, 0.5) is 11.4 Å². The van der Waals surface area contributed by atoms with Crippen molar-refractivity contribution in [2.75, 3.05) is 30.3 Å². The minimum absolute atomic E-state index is 0.0257. The maximum atomic E-state index is 9.88. The average Bonchev–Trinajstić information content (AvgIpc) is 3.46. The van der Waals surface area contributed by atoms with E-state index >= 15 is 0 Å². The lowest BCUT2D eigenvalue weighted by Gasteiger charge is -2.40. The number of nitrogens with one attached hydrogen (secondary N) is 2. The Morgan fingerprint density at radius 1 is 1.09 bits per heavy atom. The predicted molar refractivity (Wildman–Crippen MR) is 176 cm³/mol. The summed E-state index contributed by atoms with van der Waals surface area (Å²) in [7, 11) is 0. The Balaban J connectivity index is 1.54. The molecule has 226 valence electrons. The highest BCUT2D eigenvalue weighted by atomic mass is 35.5. The van der Waals surface area contributed by atoms with Crippen LogP contribution in [0.15, 0.2) is 48.8 Å². The van der Waals surface area contributed by atoms with Crippen molar-refractivity contribution in [2.24, 2.45) is 5.41 Å². The van der Waals surface area contributed by atoms with E-state index < -0.39 is 6.02 Å². The van der Waals surface area contributed by atoms with E-state index in [4.69, 9.17) is 23.2 Å². The highest BCUT2D eigenvalue weighted by Gasteiger charge is 2.29. The Hall–Kier alpha value is -3.38. The van der Waals surface area contributed by atoms with Gasteiger partial charge in [0.1, 0.15) is 11.8 Å². The van der Waals surface area contributed by atoms with Crippen LogP contribution in [0.5, 0.6) is 0 Å². The van der Waals surface area contributed by atoms with E-state index in [9.17, 15) is 6.63 Å². The molecule has 0 saturated carbocycles. The summed E-state index contributed by atoms with van der Waals surface area (Å²) in [4.78, 5) is 6.97. The molecule has 2 aromatic heterocycles. The van der Waals surface area contributed by atoms with Gasteiger partial charge < -0.3 is 10.6 Å². The third-order valence-corrected chi connectivity index (χ3v) is 8.34. The van der Waals surface area contributed by atoms with E-state index in [1.54, 1.807) is 24.4 Å². The van der Waals surface area contributed by atoms with Crippen LogP contribution in [0.25, 0.3) is 10.9 Å². The first-order valence-corrected chi connectivity index (χ1v) is 15.4. The largest absolute Gasteiger partial charge is 0.383 e. The Labute approximate surface area is 265 Å². The highest BCUT2D eigenvalue weighted by Crippen LogP contribution is 2.36. The van der Waals surface area contributed by atoms with E-state index in [-0.39, 0.29) is 17.0 Å². The third-order valence-electron chi connectivity index (χ3n) is 7.80. The molecule has 3 heterocycles. The maximum Gasteiger partial charge on any atom is 0.109 e. The number of nitriles is 1. The van der Waals surface area contributed by atoms with Gasteiger partial charge in [-0.15, -0.1) is 5.10 Å². The summed E-state index contributed by atoms with van der Waals surface area (Å²) in [6.45, 7) is 15.7. The molecule has 43 heavy (non-hydrogen) atoms. The van der Waals surface area contributed by atoms with Gasteiger partial charge in [0.2, 0.25) is 0 Å². The van der Waals surface area contributed by atoms with Crippen LogP contribution < -0.4 is 10.6 Å². The van der Waals surface area contributed by atoms with Crippen molar-refractivity contribution in [3.63, 3.8) is 0 Å². The van der Waals surface area contributed by atoms with Crippen LogP contribution in [0.3, 0.4) is 0 Å². The summed E-state index contributed by atoms with van der Waals surface area (Å²) in [5.74, 6) is 0. The van der Waals surface area contributed by atoms with Crippen molar-refractivity contribution in [2.45, 2.75) is 72.0 Å². The number of halogens is 2. The number of hydrogen-bond donors (Lipinski definition) is 2. The monoisotopic (exact) mass is 619 g/mol. The van der Waals surface area contributed by atoms with Gasteiger partial charge in [-0.25, -0.2) is 4.68 Å². The molecule has 0 radical (unpaired) electrons. The minimum atomic E-state index is -1.52. The molecule has 1 saturated heterocycles. The molecule has 10 heteroatoms. The predicted octanol–water partition coefficient (Wildman–Crippen LogP) is 8.10. The van der Waals surface area contributed by atoms with Gasteiger partial charge in [-0.2, -0.15) is 5.26 Å². The lowest BCUT2D eigenvalue weighted by molar-refractivity contribution is 0.0866. The molecule has 1 aliphatic rings. The molecule has 2 N–H and O–H groups in total. The Bertz CT molecular complexity index is 1680. The van der Waals surface area contributed by atoms with Gasteiger partial charge in [0.05, 0.1) is 41.4 Å². The number of nitrogens with zero attached hydrogens (tertiary/aromatic N) is 6. The summed E-state index contributed by atoms with van der Waals surface area (Å²) >= 11 is 13.0. The van der Waals surface area contributed by atoms with E-state index in [0.29, 0.717) is 55.7 Å². The summed E-state index contributed by atoms with van der Waals surface area (Å²) in [5.41, 5.74) is 3.42. The first-order chi connectivity index (χ1) is 20.7. The molecule has 0 unspecified atom stereocenters. The fourth-order valence-corrected chi connectivity index (χ4v) is 5.77. The third kappa shape index (κ3) is 7.23. The first-order valence-electron chi connectivity index (χ1n) is 15.2. The van der Waals surface area contributed by atoms with Gasteiger partial charge in [-0.3, -0.25) is 9.88 Å². The molecule has 1 fully saturated rings. The van der Waals surface area contributed by atoms with E-state index in [1.807, 2.05) is 29.1 Å². The molecular formula is C33H40Cl2N8. The first kappa shape index (κ1) is 29.7. The molecule has 1 atom stereocenters. The van der Waals surface area contributed by atoms with Gasteiger partial charge >= 0.3 is 0 Å². The van der Waals surface area contributed by atoms with Crippen LogP contribution in [0, 0.1) is 16.7 Å². The average molecular weight is 621 g/mol. The zero-order chi connectivity index (χ0) is 31.9. The number of fused-ring (bicyclic) bond motifs is 1.